The molecule has 2 atom stereocenters. The number of carbonyl (C=O) groups is 3. The molecule has 2 unspecified atom stereocenters. The lowest BCUT2D eigenvalue weighted by Gasteiger charge is -2.28. The first-order valence-corrected chi connectivity index (χ1v) is 11.6. The zero-order chi connectivity index (χ0) is 28.0. The molecule has 15 heteroatoms. The zero-order valence-corrected chi connectivity index (χ0v) is 20.8. The Balaban J connectivity index is 1.74. The summed E-state index contributed by atoms with van der Waals surface area (Å²) in [5, 5.41) is 28.2. The summed E-state index contributed by atoms with van der Waals surface area (Å²) >= 11 is 5.81. The first kappa shape index (κ1) is 28.7. The maximum atomic E-state index is 15.2. The van der Waals surface area contributed by atoms with Crippen LogP contribution in [0.1, 0.15) is 30.3 Å². The minimum atomic E-state index is -2.69. The van der Waals surface area contributed by atoms with Gasteiger partial charge in [0, 0.05) is 26.4 Å². The molecule has 13 nitrogen and oxygen atoms in total. The van der Waals surface area contributed by atoms with Gasteiger partial charge in [-0.1, -0.05) is 24.3 Å². The van der Waals surface area contributed by atoms with E-state index in [-0.39, 0.29) is 41.5 Å². The molecule has 0 aliphatic carbocycles. The second kappa shape index (κ2) is 12.1. The number of carboxylic acids is 3. The monoisotopic (exact) mass is 553 g/mol. The fourth-order valence-electron chi connectivity index (χ4n) is 3.69. The van der Waals surface area contributed by atoms with Gasteiger partial charge in [0.05, 0.1) is 19.0 Å². The fourth-order valence-corrected chi connectivity index (χ4v) is 3.86. The number of imidazole rings is 1. The van der Waals surface area contributed by atoms with Gasteiger partial charge >= 0.3 is 17.9 Å². The number of methoxy groups -OCH3 is 1. The molecule has 0 aliphatic heterocycles. The van der Waals surface area contributed by atoms with Crippen LogP contribution in [0.2, 0.25) is 5.28 Å². The van der Waals surface area contributed by atoms with E-state index >= 15 is 4.39 Å². The van der Waals surface area contributed by atoms with E-state index in [1.807, 2.05) is 0 Å². The van der Waals surface area contributed by atoms with Crippen molar-refractivity contribution in [3.05, 3.63) is 47.0 Å². The molecule has 2 aromatic heterocycles. The fraction of sp³-hybridized carbons (Fsp3) is 0.391. The second-order valence-corrected chi connectivity index (χ2v) is 8.70. The van der Waals surface area contributed by atoms with Gasteiger partial charge in [0.2, 0.25) is 5.28 Å². The van der Waals surface area contributed by atoms with Crippen LogP contribution in [0, 0.1) is 0 Å². The summed E-state index contributed by atoms with van der Waals surface area (Å²) in [6.45, 7) is -0.573. The van der Waals surface area contributed by atoms with Crippen LogP contribution in [0.4, 0.5) is 10.2 Å². The minimum absolute atomic E-state index is 0.0305. The highest BCUT2D eigenvalue weighted by Crippen LogP contribution is 2.27. The van der Waals surface area contributed by atoms with E-state index in [1.165, 1.54) is 19.2 Å². The predicted molar refractivity (Wildman–Crippen MR) is 130 cm³/mol. The van der Waals surface area contributed by atoms with E-state index < -0.39 is 48.9 Å². The van der Waals surface area contributed by atoms with Crippen LogP contribution < -0.4 is 5.73 Å². The van der Waals surface area contributed by atoms with Gasteiger partial charge in [0.25, 0.3) is 5.60 Å². The van der Waals surface area contributed by atoms with Crippen molar-refractivity contribution in [2.24, 2.45) is 0 Å². The molecule has 0 radical (unpaired) electrons. The average molecular weight is 554 g/mol. The van der Waals surface area contributed by atoms with Crippen LogP contribution in [0.25, 0.3) is 11.2 Å². The average Bonchev–Trinajstić information content (AvgIpc) is 3.29. The number of rotatable bonds is 14. The highest BCUT2D eigenvalue weighted by Gasteiger charge is 2.49. The number of nitrogens with zero attached hydrogens (tertiary/aromatic N) is 4. The van der Waals surface area contributed by atoms with Crippen molar-refractivity contribution in [1.29, 1.82) is 0 Å². The van der Waals surface area contributed by atoms with Gasteiger partial charge in [-0.3, -0.25) is 9.36 Å². The number of aromatic nitrogens is 4. The predicted octanol–water partition coefficient (Wildman–Crippen LogP) is 2.12. The zero-order valence-electron chi connectivity index (χ0n) is 20.1. The number of ether oxygens (including phenoxy) is 2. The van der Waals surface area contributed by atoms with Crippen molar-refractivity contribution in [3.63, 3.8) is 0 Å². The van der Waals surface area contributed by atoms with Gasteiger partial charge in [-0.05, 0) is 29.1 Å². The van der Waals surface area contributed by atoms with Gasteiger partial charge in [-0.25, -0.2) is 19.0 Å². The summed E-state index contributed by atoms with van der Waals surface area (Å²) < 4.78 is 26.9. The van der Waals surface area contributed by atoms with E-state index in [2.05, 4.69) is 15.0 Å². The number of benzene rings is 1. The van der Waals surface area contributed by atoms with Gasteiger partial charge in [-0.2, -0.15) is 9.97 Å². The smallest absolute Gasteiger partial charge is 0.348 e. The molecule has 0 fully saturated rings. The molecule has 0 bridgehead atoms. The van der Waals surface area contributed by atoms with Crippen LogP contribution in [0.3, 0.4) is 0 Å². The van der Waals surface area contributed by atoms with E-state index in [0.29, 0.717) is 11.1 Å². The van der Waals surface area contributed by atoms with E-state index in [4.69, 9.17) is 31.9 Å². The molecule has 0 amide bonds. The number of halogens is 2. The molecule has 0 spiro atoms. The molecule has 0 saturated heterocycles. The minimum Gasteiger partial charge on any atom is -0.481 e. The number of anilines is 1. The Morgan fingerprint density at radius 1 is 1.13 bits per heavy atom. The number of nitrogens with two attached hydrogens (primary N) is 1. The molecule has 2 heterocycles. The lowest BCUT2D eigenvalue weighted by Crippen LogP contribution is -2.52. The maximum Gasteiger partial charge on any atom is 0.348 e. The summed E-state index contributed by atoms with van der Waals surface area (Å²) in [6, 6.07) is 6.15. The summed E-state index contributed by atoms with van der Waals surface area (Å²) in [5.41, 5.74) is 4.21. The SMILES string of the molecule is COC(COC(Cc1ccc(CCC(=O)O)cc1)(C(=O)O)C(=O)O)CC(F)n1cnc2c(N)nc(Cl)nc21. The highest BCUT2D eigenvalue weighted by molar-refractivity contribution is 6.28. The van der Waals surface area contributed by atoms with Gasteiger partial charge in [0.15, 0.2) is 17.8 Å². The standard InChI is InChI=1S/C23H25ClFN5O8/c1-37-14(8-15(25)30-11-27-17-18(26)28-22(24)29-19(17)30)10-38-23(20(33)34,21(35)36)9-13-4-2-12(3-5-13)6-7-16(31)32/h2-5,11,14-15H,6-10H2,1H3,(H,31,32)(H,33,34)(H,35,36)(H2,26,28,29). The molecular weight excluding hydrogens is 529 g/mol. The van der Waals surface area contributed by atoms with Crippen molar-refractivity contribution >= 4 is 46.5 Å². The first-order chi connectivity index (χ1) is 18.0. The molecule has 204 valence electrons. The lowest BCUT2D eigenvalue weighted by atomic mass is 9.93. The summed E-state index contributed by atoms with van der Waals surface area (Å²) in [5.74, 6) is -4.52. The Morgan fingerprint density at radius 2 is 1.76 bits per heavy atom. The number of fused-ring (bicyclic) bond motifs is 1. The van der Waals surface area contributed by atoms with E-state index in [1.54, 1.807) is 12.1 Å². The number of aryl methyl sites for hydroxylation is 1. The van der Waals surface area contributed by atoms with Crippen molar-refractivity contribution < 1.29 is 43.6 Å². The van der Waals surface area contributed by atoms with Gasteiger partial charge in [-0.15, -0.1) is 0 Å². The number of hydrogen-bond acceptors (Lipinski definition) is 9. The van der Waals surface area contributed by atoms with Crippen LogP contribution in [-0.2, 0) is 36.7 Å². The Labute approximate surface area is 220 Å². The number of carboxylic acid groups (broad SMARTS) is 3. The molecule has 3 aromatic rings. The number of aliphatic carboxylic acids is 3. The molecular formula is C23H25ClFN5O8. The number of hydrogen-bond donors (Lipinski definition) is 4. The van der Waals surface area contributed by atoms with Crippen LogP contribution in [0.5, 0.6) is 0 Å². The molecule has 1 aromatic carbocycles. The van der Waals surface area contributed by atoms with Crippen LogP contribution in [0.15, 0.2) is 30.6 Å². The van der Waals surface area contributed by atoms with Crippen LogP contribution >= 0.6 is 11.6 Å². The molecule has 3 rings (SSSR count). The molecule has 0 saturated carbocycles. The highest BCUT2D eigenvalue weighted by atomic mass is 35.5. The Bertz CT molecular complexity index is 1310. The molecule has 38 heavy (non-hydrogen) atoms. The topological polar surface area (TPSA) is 200 Å². The van der Waals surface area contributed by atoms with E-state index in [0.717, 1.165) is 10.9 Å². The molecule has 5 N–H and O–H groups in total. The molecule has 0 aliphatic rings. The van der Waals surface area contributed by atoms with Crippen molar-refractivity contribution in [1.82, 2.24) is 19.5 Å². The van der Waals surface area contributed by atoms with E-state index in [9.17, 15) is 24.6 Å². The van der Waals surface area contributed by atoms with Crippen molar-refractivity contribution in [2.75, 3.05) is 19.5 Å². The summed E-state index contributed by atoms with van der Waals surface area (Å²) in [7, 11) is 1.24. The Kier molecular flexibility index (Phi) is 9.14. The van der Waals surface area contributed by atoms with Crippen LogP contribution in [-0.4, -0.2) is 78.2 Å². The third-order valence-electron chi connectivity index (χ3n) is 5.82. The quantitative estimate of drug-likeness (QED) is 0.167. The first-order valence-electron chi connectivity index (χ1n) is 11.2. The maximum absolute atomic E-state index is 15.2. The van der Waals surface area contributed by atoms with Gasteiger partial charge < -0.3 is 30.5 Å². The van der Waals surface area contributed by atoms with Gasteiger partial charge in [0.1, 0.15) is 5.52 Å². The third-order valence-corrected chi connectivity index (χ3v) is 5.99. The Morgan fingerprint density at radius 3 is 2.34 bits per heavy atom. The second-order valence-electron chi connectivity index (χ2n) is 8.37. The third kappa shape index (κ3) is 6.51. The Hall–Kier alpha value is -3.88. The number of nitrogen functional groups attached to an aromatic ring is 1. The largest absolute Gasteiger partial charge is 0.481 e. The normalized spacial score (nSPS) is 13.3. The number of alkyl halides is 1. The summed E-state index contributed by atoms with van der Waals surface area (Å²) in [4.78, 5) is 46.6. The van der Waals surface area contributed by atoms with Crippen molar-refractivity contribution in [3.8, 4) is 0 Å². The van der Waals surface area contributed by atoms with Crippen molar-refractivity contribution in [2.45, 2.75) is 43.7 Å². The lowest BCUT2D eigenvalue weighted by molar-refractivity contribution is -0.188. The summed E-state index contributed by atoms with van der Waals surface area (Å²) in [6.07, 6.45) is -2.47.